The van der Waals surface area contributed by atoms with Crippen molar-refractivity contribution in [2.45, 2.75) is 12.8 Å². The molecule has 0 radical (unpaired) electrons. The van der Waals surface area contributed by atoms with Gasteiger partial charge < -0.3 is 0 Å². The second kappa shape index (κ2) is 13.3. The van der Waals surface area contributed by atoms with Gasteiger partial charge >= 0.3 is 106 Å². The van der Waals surface area contributed by atoms with Crippen LogP contribution < -0.4 is 25.4 Å². The quantitative estimate of drug-likeness (QED) is 0.199. The molecule has 0 saturated heterocycles. The summed E-state index contributed by atoms with van der Waals surface area (Å²) in [5, 5.41) is 0. The van der Waals surface area contributed by atoms with Crippen molar-refractivity contribution in [3.05, 3.63) is 0 Å². The molecule has 82 valence electrons. The number of hydrogen-bond acceptors (Lipinski definition) is 3. The van der Waals surface area contributed by atoms with Gasteiger partial charge in [0.1, 0.15) is 0 Å². The van der Waals surface area contributed by atoms with E-state index in [1.807, 2.05) is 0 Å². The summed E-state index contributed by atoms with van der Waals surface area (Å²) in [6.07, 6.45) is 2.13. The molecule has 0 aromatic carbocycles. The molecule has 2 N–H and O–H groups in total. The number of halogens is 2. The summed E-state index contributed by atoms with van der Waals surface area (Å²) in [6.45, 7) is 3.37. The van der Waals surface area contributed by atoms with E-state index in [0.717, 1.165) is 43.7 Å². The zero-order valence-corrected chi connectivity index (χ0v) is 12.1. The Kier molecular flexibility index (Phi) is 14.7. The van der Waals surface area contributed by atoms with Crippen molar-refractivity contribution in [2.75, 3.05) is 35.3 Å². The van der Waals surface area contributed by atoms with E-state index >= 15 is 0 Å². The van der Waals surface area contributed by atoms with Crippen molar-refractivity contribution < 1.29 is 31.0 Å². The Morgan fingerprint density at radius 3 is 2.23 bits per heavy atom. The average molecular weight is 414 g/mol. The van der Waals surface area contributed by atoms with Gasteiger partial charge in [-0.3, -0.25) is 0 Å². The van der Waals surface area contributed by atoms with E-state index in [1.54, 1.807) is 0 Å². The van der Waals surface area contributed by atoms with Crippen LogP contribution in [-0.2, 0) is 9.47 Å². The topological polar surface area (TPSA) is 44.5 Å². The zero-order chi connectivity index (χ0) is 9.78. The molecule has 0 aromatic heterocycles. The molecule has 5 heteroatoms. The van der Waals surface area contributed by atoms with E-state index in [-0.39, 0.29) is 21.5 Å². The summed E-state index contributed by atoms with van der Waals surface area (Å²) in [5.41, 5.74) is 0. The van der Waals surface area contributed by atoms with Gasteiger partial charge in [-0.05, 0) is 0 Å². The maximum absolute atomic E-state index is 5.46. The van der Waals surface area contributed by atoms with Crippen LogP contribution in [0.1, 0.15) is 12.8 Å². The molecule has 0 atom stereocenters. The molecule has 0 aliphatic rings. The molecule has 0 heterocycles. The molecular formula is C8H18I2NO2-. The summed E-state index contributed by atoms with van der Waals surface area (Å²) >= 11 is 2.27. The Morgan fingerprint density at radius 1 is 1.00 bits per heavy atom. The van der Waals surface area contributed by atoms with Crippen LogP contribution in [0, 0.1) is 0 Å². The van der Waals surface area contributed by atoms with Crippen LogP contribution in [0.5, 0.6) is 0 Å². The standard InChI is InChI=1S/C8H18I2NO2/c9-3-8-13-7-2-6-12-5-1-4-10-11/h1-8,11H2/q-1. The summed E-state index contributed by atoms with van der Waals surface area (Å²) in [7, 11) is 0. The fourth-order valence-electron chi connectivity index (χ4n) is 0.755. The van der Waals surface area contributed by atoms with Crippen molar-refractivity contribution >= 4 is 22.6 Å². The molecule has 0 aromatic rings. The molecule has 0 fully saturated rings. The van der Waals surface area contributed by atoms with Crippen LogP contribution in [0.2, 0.25) is 0 Å². The summed E-state index contributed by atoms with van der Waals surface area (Å²) in [5.74, 6) is 0. The van der Waals surface area contributed by atoms with E-state index in [0.29, 0.717) is 0 Å². The molecular weight excluding hydrogens is 396 g/mol. The Hall–Kier alpha value is 1.34. The minimum atomic E-state index is -0.0326. The van der Waals surface area contributed by atoms with Gasteiger partial charge in [-0.1, -0.05) is 0 Å². The second-order valence-electron chi connectivity index (χ2n) is 2.46. The van der Waals surface area contributed by atoms with Crippen LogP contribution in [0.25, 0.3) is 0 Å². The van der Waals surface area contributed by atoms with Crippen molar-refractivity contribution in [2.24, 2.45) is 3.95 Å². The minimum absolute atomic E-state index is 0.0326. The van der Waals surface area contributed by atoms with Gasteiger partial charge in [0.05, 0.1) is 0 Å². The third-order valence-electron chi connectivity index (χ3n) is 1.33. The van der Waals surface area contributed by atoms with Crippen molar-refractivity contribution in [3.8, 4) is 0 Å². The first-order valence-corrected chi connectivity index (χ1v) is 8.70. The van der Waals surface area contributed by atoms with Crippen LogP contribution in [0.15, 0.2) is 0 Å². The Balaban J connectivity index is 2.76. The Labute approximate surface area is 105 Å². The number of alkyl halides is 2. The monoisotopic (exact) mass is 414 g/mol. The van der Waals surface area contributed by atoms with Crippen LogP contribution >= 0.6 is 22.6 Å². The molecule has 0 saturated carbocycles. The van der Waals surface area contributed by atoms with Gasteiger partial charge in [0, 0.05) is 0 Å². The van der Waals surface area contributed by atoms with Crippen molar-refractivity contribution in [1.82, 2.24) is 0 Å². The number of ether oxygens (including phenoxy) is 2. The molecule has 0 spiro atoms. The van der Waals surface area contributed by atoms with Crippen molar-refractivity contribution in [1.29, 1.82) is 0 Å². The predicted molar refractivity (Wildman–Crippen MR) is 58.8 cm³/mol. The molecule has 0 aliphatic heterocycles. The first kappa shape index (κ1) is 14.3. The van der Waals surface area contributed by atoms with E-state index in [2.05, 4.69) is 22.6 Å². The normalized spacial score (nSPS) is 10.9. The molecule has 0 rings (SSSR count). The number of nitrogens with two attached hydrogens (primary N) is 1. The van der Waals surface area contributed by atoms with Crippen LogP contribution in [-0.4, -0.2) is 35.3 Å². The summed E-state index contributed by atoms with van der Waals surface area (Å²) < 4.78 is 18.4. The van der Waals surface area contributed by atoms with E-state index < -0.39 is 0 Å². The molecule has 0 bridgehead atoms. The van der Waals surface area contributed by atoms with E-state index in [4.69, 9.17) is 13.4 Å². The zero-order valence-electron chi connectivity index (χ0n) is 7.81. The third-order valence-corrected chi connectivity index (χ3v) is 3.16. The van der Waals surface area contributed by atoms with Crippen LogP contribution in [0.3, 0.4) is 0 Å². The maximum atomic E-state index is 5.46. The first-order valence-electron chi connectivity index (χ1n) is 4.41. The fourth-order valence-corrected chi connectivity index (χ4v) is 1.82. The van der Waals surface area contributed by atoms with Gasteiger partial charge in [0.2, 0.25) is 0 Å². The first-order chi connectivity index (χ1) is 6.41. The third kappa shape index (κ3) is 13.3. The molecule has 0 aliphatic carbocycles. The van der Waals surface area contributed by atoms with Gasteiger partial charge in [-0.25, -0.2) is 0 Å². The molecule has 0 amide bonds. The molecule has 13 heavy (non-hydrogen) atoms. The number of rotatable bonds is 10. The van der Waals surface area contributed by atoms with Crippen LogP contribution in [0.4, 0.5) is 0 Å². The summed E-state index contributed by atoms with van der Waals surface area (Å²) in [6, 6.07) is 0. The Bertz CT molecular complexity index is 86.2. The van der Waals surface area contributed by atoms with Gasteiger partial charge in [0.25, 0.3) is 0 Å². The second-order valence-corrected chi connectivity index (χ2v) is 5.50. The van der Waals surface area contributed by atoms with Gasteiger partial charge in [0.15, 0.2) is 0 Å². The fraction of sp³-hybridized carbons (Fsp3) is 1.00. The van der Waals surface area contributed by atoms with Crippen molar-refractivity contribution in [3.63, 3.8) is 0 Å². The number of hydrogen-bond donors (Lipinski definition) is 1. The predicted octanol–water partition coefficient (Wildman–Crippen LogP) is -1.80. The Morgan fingerprint density at radius 2 is 1.62 bits per heavy atom. The van der Waals surface area contributed by atoms with E-state index in [9.17, 15) is 0 Å². The molecule has 3 nitrogen and oxygen atoms in total. The van der Waals surface area contributed by atoms with E-state index in [1.165, 1.54) is 4.43 Å². The van der Waals surface area contributed by atoms with Gasteiger partial charge in [-0.2, -0.15) is 0 Å². The SMILES string of the molecule is N[I-]CCCOCCCOCCI. The van der Waals surface area contributed by atoms with Gasteiger partial charge in [-0.15, -0.1) is 0 Å². The summed E-state index contributed by atoms with van der Waals surface area (Å²) in [4.78, 5) is 0. The average Bonchev–Trinajstić information content (AvgIpc) is 2.16. The molecule has 0 unspecified atom stereocenters.